The first-order chi connectivity index (χ1) is 19.2. The minimum atomic E-state index is -4.11. The second kappa shape index (κ2) is 11.4. The molecular formula is C30H26FN3O5S. The van der Waals surface area contributed by atoms with Gasteiger partial charge in [-0.3, -0.25) is 14.2 Å². The molecule has 204 valence electrons. The van der Waals surface area contributed by atoms with Gasteiger partial charge in [0.1, 0.15) is 5.70 Å². The monoisotopic (exact) mass is 559 g/mol. The molecule has 8 nitrogen and oxygen atoms in total. The van der Waals surface area contributed by atoms with Crippen LogP contribution in [0, 0.1) is 12.7 Å². The fraction of sp³-hybridized carbons (Fsp3) is 0.167. The van der Waals surface area contributed by atoms with Crippen LogP contribution in [0.15, 0.2) is 94.7 Å². The van der Waals surface area contributed by atoms with Crippen molar-refractivity contribution >= 4 is 39.3 Å². The molecule has 0 unspecified atom stereocenters. The summed E-state index contributed by atoms with van der Waals surface area (Å²) in [5, 5.41) is 0. The van der Waals surface area contributed by atoms with Crippen molar-refractivity contribution in [1.82, 2.24) is 4.90 Å². The van der Waals surface area contributed by atoms with E-state index in [9.17, 15) is 17.6 Å². The number of nitrogens with zero attached hydrogens (tertiary/aromatic N) is 3. The summed E-state index contributed by atoms with van der Waals surface area (Å²) in [7, 11) is -4.11. The van der Waals surface area contributed by atoms with E-state index in [1.54, 1.807) is 12.3 Å². The zero-order valence-corrected chi connectivity index (χ0v) is 22.4. The number of aliphatic imine (C=N–C) groups is 2. The first-order valence-electron chi connectivity index (χ1n) is 12.6. The van der Waals surface area contributed by atoms with Crippen LogP contribution in [0.2, 0.25) is 0 Å². The van der Waals surface area contributed by atoms with Gasteiger partial charge in [0.05, 0.1) is 23.8 Å². The molecule has 5 rings (SSSR count). The highest BCUT2D eigenvalue weighted by molar-refractivity contribution is 7.85. The van der Waals surface area contributed by atoms with Crippen molar-refractivity contribution in [3.63, 3.8) is 0 Å². The minimum Gasteiger partial charge on any atom is -0.490 e. The maximum absolute atomic E-state index is 14.7. The number of fused-ring (bicyclic) bond motifs is 1. The Morgan fingerprint density at radius 3 is 2.48 bits per heavy atom. The molecule has 3 aromatic rings. The molecule has 1 N–H and O–H groups in total. The van der Waals surface area contributed by atoms with Crippen molar-refractivity contribution in [2.45, 2.75) is 19.8 Å². The third-order valence-electron chi connectivity index (χ3n) is 6.28. The fourth-order valence-corrected chi connectivity index (χ4v) is 4.76. The van der Waals surface area contributed by atoms with Gasteiger partial charge in [-0.05, 0) is 42.7 Å². The number of rotatable bonds is 9. The van der Waals surface area contributed by atoms with Crippen molar-refractivity contribution < 1.29 is 26.9 Å². The smallest absolute Gasteiger partial charge is 0.282 e. The lowest BCUT2D eigenvalue weighted by molar-refractivity contribution is -0.120. The summed E-state index contributed by atoms with van der Waals surface area (Å²) in [5.41, 5.74) is 4.82. The van der Waals surface area contributed by atoms with Gasteiger partial charge in [0.25, 0.3) is 16.0 Å². The second-order valence-corrected chi connectivity index (χ2v) is 11.0. The normalized spacial score (nSPS) is 16.0. The number of ether oxygens (including phenoxy) is 1. The number of hydrogen-bond acceptors (Lipinski definition) is 6. The molecule has 0 saturated carbocycles. The van der Waals surface area contributed by atoms with Gasteiger partial charge in [0.2, 0.25) is 0 Å². The quantitative estimate of drug-likeness (QED) is 0.224. The molecule has 10 heteroatoms. The van der Waals surface area contributed by atoms with Gasteiger partial charge in [-0.25, -0.2) is 14.4 Å². The number of carbonyl (C=O) groups excluding carboxylic acids is 1. The van der Waals surface area contributed by atoms with Crippen LogP contribution < -0.4 is 4.74 Å². The predicted molar refractivity (Wildman–Crippen MR) is 152 cm³/mol. The average Bonchev–Trinajstić information content (AvgIpc) is 3.23. The van der Waals surface area contributed by atoms with E-state index in [1.165, 1.54) is 23.1 Å². The molecule has 2 heterocycles. The zero-order valence-electron chi connectivity index (χ0n) is 21.6. The molecule has 0 aromatic heterocycles. The van der Waals surface area contributed by atoms with Crippen LogP contribution in [0.4, 0.5) is 4.39 Å². The first-order valence-corrected chi connectivity index (χ1v) is 14.2. The summed E-state index contributed by atoms with van der Waals surface area (Å²) < 4.78 is 50.4. The summed E-state index contributed by atoms with van der Waals surface area (Å²) in [6.07, 6.45) is 3.65. The Balaban J connectivity index is 1.41. The summed E-state index contributed by atoms with van der Waals surface area (Å²) >= 11 is 0. The maximum Gasteiger partial charge on any atom is 0.282 e. The van der Waals surface area contributed by atoms with Crippen LogP contribution in [0.25, 0.3) is 11.8 Å². The van der Waals surface area contributed by atoms with Gasteiger partial charge in [0, 0.05) is 18.2 Å². The second-order valence-electron chi connectivity index (χ2n) is 9.42. The Bertz CT molecular complexity index is 1680. The van der Waals surface area contributed by atoms with E-state index in [0.717, 1.165) is 16.7 Å². The van der Waals surface area contributed by atoms with Crippen LogP contribution in [0.3, 0.4) is 0 Å². The summed E-state index contributed by atoms with van der Waals surface area (Å²) in [6, 6.07) is 21.9. The Morgan fingerprint density at radius 1 is 1.02 bits per heavy atom. The van der Waals surface area contributed by atoms with Gasteiger partial charge >= 0.3 is 0 Å². The van der Waals surface area contributed by atoms with E-state index in [4.69, 9.17) is 14.3 Å². The number of halogens is 1. The highest BCUT2D eigenvalue weighted by Crippen LogP contribution is 2.29. The minimum absolute atomic E-state index is 0.0108. The lowest BCUT2D eigenvalue weighted by Gasteiger charge is -2.22. The van der Waals surface area contributed by atoms with Crippen molar-refractivity contribution in [3.8, 4) is 5.75 Å². The summed E-state index contributed by atoms with van der Waals surface area (Å²) in [4.78, 5) is 24.4. The topological polar surface area (TPSA) is 109 Å². The maximum atomic E-state index is 14.7. The van der Waals surface area contributed by atoms with Crippen molar-refractivity contribution in [2.24, 2.45) is 9.98 Å². The first kappa shape index (κ1) is 27.2. The molecule has 1 amide bonds. The predicted octanol–water partition coefficient (Wildman–Crippen LogP) is 5.07. The SMILES string of the molecule is Cc1ccc(C2=CN3C(=O)/C(=C/c4ccc(OCCCS(=O)(=O)O)c(F)c4)N=C3C(Cc3ccccc3)=N2)cc1. The number of amides is 1. The number of benzene rings is 3. The van der Waals surface area contributed by atoms with Crippen molar-refractivity contribution in [2.75, 3.05) is 12.4 Å². The van der Waals surface area contributed by atoms with E-state index >= 15 is 0 Å². The average molecular weight is 560 g/mol. The molecule has 3 aromatic carbocycles. The van der Waals surface area contributed by atoms with E-state index in [0.29, 0.717) is 29.2 Å². The van der Waals surface area contributed by atoms with E-state index < -0.39 is 21.7 Å². The Morgan fingerprint density at radius 2 is 1.77 bits per heavy atom. The van der Waals surface area contributed by atoms with Crippen molar-refractivity contribution in [1.29, 1.82) is 0 Å². The molecule has 0 aliphatic carbocycles. The van der Waals surface area contributed by atoms with Gasteiger partial charge in [-0.1, -0.05) is 66.2 Å². The lowest BCUT2D eigenvalue weighted by atomic mass is 10.0. The molecule has 0 saturated heterocycles. The van der Waals surface area contributed by atoms with Gasteiger partial charge < -0.3 is 4.74 Å². The molecule has 0 fully saturated rings. The molecule has 0 atom stereocenters. The standard InChI is InChI=1S/C30H26FN3O5S/c1-20-8-11-23(12-9-20)27-19-34-29(25(32-27)17-21-6-3-2-4-7-21)33-26(30(34)35)18-22-10-13-28(24(31)16-22)39-14-5-15-40(36,37)38/h2-4,6-13,16,18-19H,5,14-15,17H2,1H3,(H,36,37,38)/b26-18-. The van der Waals surface area contributed by atoms with Crippen LogP contribution in [0.1, 0.15) is 28.7 Å². The molecule has 0 bridgehead atoms. The van der Waals surface area contributed by atoms with Gasteiger partial charge in [0.15, 0.2) is 17.4 Å². The number of hydrogen-bond donors (Lipinski definition) is 1. The fourth-order valence-electron chi connectivity index (χ4n) is 4.28. The summed E-state index contributed by atoms with van der Waals surface area (Å²) in [5.74, 6) is -1.15. The molecular weight excluding hydrogens is 533 g/mol. The molecule has 2 aliphatic heterocycles. The summed E-state index contributed by atoms with van der Waals surface area (Å²) in [6.45, 7) is 1.91. The van der Waals surface area contributed by atoms with Gasteiger partial charge in [-0.15, -0.1) is 0 Å². The third kappa shape index (κ3) is 6.41. The highest BCUT2D eigenvalue weighted by Gasteiger charge is 2.35. The molecule has 40 heavy (non-hydrogen) atoms. The molecule has 0 radical (unpaired) electrons. The number of carbonyl (C=O) groups is 1. The van der Waals surface area contributed by atoms with E-state index in [-0.39, 0.29) is 30.4 Å². The van der Waals surface area contributed by atoms with Crippen LogP contribution in [-0.2, 0) is 21.3 Å². The van der Waals surface area contributed by atoms with Crippen molar-refractivity contribution in [3.05, 3.63) is 113 Å². The van der Waals surface area contributed by atoms with Crippen LogP contribution >= 0.6 is 0 Å². The van der Waals surface area contributed by atoms with E-state index in [2.05, 4.69) is 4.99 Å². The molecule has 0 spiro atoms. The lowest BCUT2D eigenvalue weighted by Crippen LogP contribution is -2.36. The number of aryl methyl sites for hydroxylation is 1. The zero-order chi connectivity index (χ0) is 28.3. The van der Waals surface area contributed by atoms with Crippen LogP contribution in [-0.4, -0.2) is 47.7 Å². The Kier molecular flexibility index (Phi) is 7.72. The van der Waals surface area contributed by atoms with Gasteiger partial charge in [-0.2, -0.15) is 8.42 Å². The Labute approximate surface area is 231 Å². The Hall–Kier alpha value is -4.41. The third-order valence-corrected chi connectivity index (χ3v) is 7.09. The largest absolute Gasteiger partial charge is 0.490 e. The highest BCUT2D eigenvalue weighted by atomic mass is 32.2. The number of amidine groups is 1. The molecule has 2 aliphatic rings. The van der Waals surface area contributed by atoms with E-state index in [1.807, 2.05) is 61.5 Å². The van der Waals surface area contributed by atoms with Crippen LogP contribution in [0.5, 0.6) is 5.75 Å².